The van der Waals surface area contributed by atoms with Crippen molar-refractivity contribution in [2.75, 3.05) is 31.1 Å². The van der Waals surface area contributed by atoms with Crippen LogP contribution in [0.5, 0.6) is 0 Å². The maximum Gasteiger partial charge on any atom is 0.421 e. The van der Waals surface area contributed by atoms with Crippen LogP contribution in [0.4, 0.5) is 5.82 Å². The van der Waals surface area contributed by atoms with Gasteiger partial charge in [0.05, 0.1) is 12.2 Å². The first-order chi connectivity index (χ1) is 11.7. The Bertz CT molecular complexity index is 898. The summed E-state index contributed by atoms with van der Waals surface area (Å²) in [6.45, 7) is 4.01. The second-order valence-corrected chi connectivity index (χ2v) is 6.28. The van der Waals surface area contributed by atoms with E-state index in [4.69, 9.17) is 16.0 Å². The van der Waals surface area contributed by atoms with Gasteiger partial charge in [-0.3, -0.25) is 9.47 Å². The summed E-state index contributed by atoms with van der Waals surface area (Å²) < 4.78 is 6.94. The van der Waals surface area contributed by atoms with Crippen molar-refractivity contribution in [2.45, 2.75) is 6.67 Å². The van der Waals surface area contributed by atoms with Crippen molar-refractivity contribution < 1.29 is 4.42 Å². The number of oxazole rings is 1. The van der Waals surface area contributed by atoms with Crippen molar-refractivity contribution in [3.8, 4) is 0 Å². The average Bonchev–Trinajstić information content (AvgIpc) is 2.91. The van der Waals surface area contributed by atoms with Gasteiger partial charge in [0.25, 0.3) is 0 Å². The number of anilines is 1. The Balaban J connectivity index is 1.48. The molecule has 1 saturated heterocycles. The number of nitrogens with zero attached hydrogens (tertiary/aromatic N) is 4. The molecule has 124 valence electrons. The van der Waals surface area contributed by atoms with E-state index in [0.717, 1.165) is 37.5 Å². The van der Waals surface area contributed by atoms with Gasteiger partial charge in [-0.15, -0.1) is 0 Å². The summed E-state index contributed by atoms with van der Waals surface area (Å²) in [5, 5.41) is 0.562. The monoisotopic (exact) mass is 344 g/mol. The predicted octanol–water partition coefficient (Wildman–Crippen LogP) is 2.42. The van der Waals surface area contributed by atoms with E-state index in [2.05, 4.69) is 14.8 Å². The minimum atomic E-state index is -0.348. The fourth-order valence-corrected chi connectivity index (χ4v) is 3.20. The van der Waals surface area contributed by atoms with E-state index in [9.17, 15) is 4.79 Å². The number of pyridine rings is 1. The molecule has 3 aromatic rings. The summed E-state index contributed by atoms with van der Waals surface area (Å²) in [5.41, 5.74) is 1.30. The third kappa shape index (κ3) is 2.90. The molecular weight excluding hydrogens is 328 g/mol. The molecule has 0 amide bonds. The Morgan fingerprint density at radius 2 is 1.96 bits per heavy atom. The predicted molar refractivity (Wildman–Crippen MR) is 93.5 cm³/mol. The Labute approximate surface area is 143 Å². The molecule has 1 fully saturated rings. The molecule has 6 nitrogen and oxygen atoms in total. The largest absolute Gasteiger partial charge is 0.421 e. The van der Waals surface area contributed by atoms with Gasteiger partial charge in [0.1, 0.15) is 5.82 Å². The van der Waals surface area contributed by atoms with Gasteiger partial charge in [-0.25, -0.2) is 9.78 Å². The van der Waals surface area contributed by atoms with Crippen molar-refractivity contribution >= 4 is 28.5 Å². The molecule has 0 N–H and O–H groups in total. The third-order valence-electron chi connectivity index (χ3n) is 4.32. The van der Waals surface area contributed by atoms with E-state index in [-0.39, 0.29) is 5.76 Å². The number of halogens is 1. The van der Waals surface area contributed by atoms with Crippen LogP contribution in [0.1, 0.15) is 0 Å². The normalized spacial score (nSPS) is 16.0. The molecule has 1 aliphatic rings. The van der Waals surface area contributed by atoms with Crippen molar-refractivity contribution in [1.82, 2.24) is 14.5 Å². The van der Waals surface area contributed by atoms with Crippen LogP contribution >= 0.6 is 11.6 Å². The van der Waals surface area contributed by atoms with Crippen LogP contribution in [-0.4, -0.2) is 40.6 Å². The van der Waals surface area contributed by atoms with Crippen LogP contribution in [0.25, 0.3) is 11.1 Å². The molecule has 0 saturated carbocycles. The quantitative estimate of drug-likeness (QED) is 0.730. The molecule has 0 spiro atoms. The first-order valence-corrected chi connectivity index (χ1v) is 8.26. The molecule has 3 heterocycles. The molecule has 0 aliphatic carbocycles. The van der Waals surface area contributed by atoms with E-state index in [0.29, 0.717) is 17.3 Å². The zero-order valence-corrected chi connectivity index (χ0v) is 13.8. The van der Waals surface area contributed by atoms with Gasteiger partial charge < -0.3 is 9.32 Å². The summed E-state index contributed by atoms with van der Waals surface area (Å²) in [5.74, 6) is 0.650. The lowest BCUT2D eigenvalue weighted by Gasteiger charge is -2.35. The topological polar surface area (TPSA) is 54.5 Å². The minimum Gasteiger partial charge on any atom is -0.408 e. The first-order valence-electron chi connectivity index (χ1n) is 7.88. The molecule has 7 heteroatoms. The number of hydrogen-bond acceptors (Lipinski definition) is 5. The van der Waals surface area contributed by atoms with Gasteiger partial charge in [-0.05, 0) is 24.3 Å². The molecule has 0 atom stereocenters. The van der Waals surface area contributed by atoms with Crippen molar-refractivity contribution in [3.05, 3.63) is 58.2 Å². The standard InChI is InChI=1S/C17H17ClN4O2/c18-13-4-5-14-15(11-13)24-17(23)22(14)12-20-7-9-21(10-8-20)16-3-1-2-6-19-16/h1-6,11H,7-10,12H2. The van der Waals surface area contributed by atoms with Crippen molar-refractivity contribution in [2.24, 2.45) is 0 Å². The van der Waals surface area contributed by atoms with Crippen LogP contribution in [-0.2, 0) is 6.67 Å². The number of fused-ring (bicyclic) bond motifs is 1. The van der Waals surface area contributed by atoms with E-state index in [1.165, 1.54) is 0 Å². The molecule has 1 aliphatic heterocycles. The fourth-order valence-electron chi connectivity index (χ4n) is 3.03. The first kappa shape index (κ1) is 15.2. The lowest BCUT2D eigenvalue weighted by atomic mass is 10.3. The maximum atomic E-state index is 12.1. The lowest BCUT2D eigenvalue weighted by Crippen LogP contribution is -2.47. The Morgan fingerprint density at radius 3 is 2.71 bits per heavy atom. The smallest absolute Gasteiger partial charge is 0.408 e. The van der Waals surface area contributed by atoms with Crippen molar-refractivity contribution in [3.63, 3.8) is 0 Å². The van der Waals surface area contributed by atoms with Crippen LogP contribution in [0.2, 0.25) is 5.02 Å². The summed E-state index contributed by atoms with van der Waals surface area (Å²) in [6.07, 6.45) is 1.81. The van der Waals surface area contributed by atoms with Gasteiger partial charge in [0, 0.05) is 43.5 Å². The lowest BCUT2D eigenvalue weighted by molar-refractivity contribution is 0.201. The summed E-state index contributed by atoms with van der Waals surface area (Å²) in [4.78, 5) is 21.0. The molecule has 2 aromatic heterocycles. The summed E-state index contributed by atoms with van der Waals surface area (Å²) in [7, 11) is 0. The van der Waals surface area contributed by atoms with Crippen LogP contribution < -0.4 is 10.7 Å². The molecule has 4 rings (SSSR count). The SMILES string of the molecule is O=c1oc2cc(Cl)ccc2n1CN1CCN(c2ccccn2)CC1. The number of rotatable bonds is 3. The third-order valence-corrected chi connectivity index (χ3v) is 4.55. The average molecular weight is 345 g/mol. The highest BCUT2D eigenvalue weighted by molar-refractivity contribution is 6.31. The van der Waals surface area contributed by atoms with Gasteiger partial charge >= 0.3 is 5.76 Å². The minimum absolute atomic E-state index is 0.348. The molecule has 0 bridgehead atoms. The Morgan fingerprint density at radius 1 is 1.12 bits per heavy atom. The highest BCUT2D eigenvalue weighted by Crippen LogP contribution is 2.19. The summed E-state index contributed by atoms with van der Waals surface area (Å²) in [6, 6.07) is 11.2. The van der Waals surface area contributed by atoms with Crippen LogP contribution in [0, 0.1) is 0 Å². The Hall–Kier alpha value is -2.31. The van der Waals surface area contributed by atoms with Gasteiger partial charge in [0.15, 0.2) is 5.58 Å². The van der Waals surface area contributed by atoms with Crippen LogP contribution in [0.3, 0.4) is 0 Å². The van der Waals surface area contributed by atoms with E-state index in [1.807, 2.05) is 30.5 Å². The second-order valence-electron chi connectivity index (χ2n) is 5.84. The highest BCUT2D eigenvalue weighted by Gasteiger charge is 2.20. The van der Waals surface area contributed by atoms with E-state index >= 15 is 0 Å². The number of aromatic nitrogens is 2. The Kier molecular flexibility index (Phi) is 4.00. The summed E-state index contributed by atoms with van der Waals surface area (Å²) >= 11 is 5.95. The zero-order valence-electron chi connectivity index (χ0n) is 13.1. The van der Waals surface area contributed by atoms with E-state index in [1.54, 1.807) is 16.7 Å². The molecule has 1 aromatic carbocycles. The molecule has 24 heavy (non-hydrogen) atoms. The van der Waals surface area contributed by atoms with Gasteiger partial charge in [-0.1, -0.05) is 17.7 Å². The molecule has 0 radical (unpaired) electrons. The fraction of sp³-hybridized carbons (Fsp3) is 0.294. The number of benzene rings is 1. The molecular formula is C17H17ClN4O2. The van der Waals surface area contributed by atoms with Crippen LogP contribution in [0.15, 0.2) is 51.8 Å². The van der Waals surface area contributed by atoms with Gasteiger partial charge in [0.2, 0.25) is 0 Å². The maximum absolute atomic E-state index is 12.1. The van der Waals surface area contributed by atoms with E-state index < -0.39 is 0 Å². The molecule has 0 unspecified atom stereocenters. The zero-order chi connectivity index (χ0) is 16.5. The second kappa shape index (κ2) is 6.30. The highest BCUT2D eigenvalue weighted by atomic mass is 35.5. The number of hydrogen-bond donors (Lipinski definition) is 0. The van der Waals surface area contributed by atoms with Gasteiger partial charge in [-0.2, -0.15) is 0 Å². The number of piperazine rings is 1. The van der Waals surface area contributed by atoms with Crippen molar-refractivity contribution in [1.29, 1.82) is 0 Å².